The third kappa shape index (κ3) is 3.25. The molecule has 0 bridgehead atoms. The molecule has 2 unspecified atom stereocenters. The van der Waals surface area contributed by atoms with Gasteiger partial charge in [0.2, 0.25) is 0 Å². The van der Waals surface area contributed by atoms with E-state index in [0.29, 0.717) is 12.1 Å². The molecular formula is C10H22N2O. The lowest BCUT2D eigenvalue weighted by Gasteiger charge is -2.27. The number of nitrogens with zero attached hydrogens (tertiary/aromatic N) is 1. The lowest BCUT2D eigenvalue weighted by molar-refractivity contribution is 0.153. The molecule has 1 aliphatic rings. The highest BCUT2D eigenvalue weighted by Crippen LogP contribution is 2.11. The predicted molar refractivity (Wildman–Crippen MR) is 55.0 cm³/mol. The highest BCUT2D eigenvalue weighted by atomic mass is 16.5. The van der Waals surface area contributed by atoms with Crippen molar-refractivity contribution in [2.75, 3.05) is 33.9 Å². The Kier molecular flexibility index (Phi) is 4.70. The van der Waals surface area contributed by atoms with Crippen molar-refractivity contribution >= 4 is 0 Å². The Balaban J connectivity index is 2.25. The Morgan fingerprint density at radius 1 is 1.62 bits per heavy atom. The summed E-state index contributed by atoms with van der Waals surface area (Å²) in [6.45, 7) is 5.20. The van der Waals surface area contributed by atoms with Gasteiger partial charge in [0.25, 0.3) is 0 Å². The molecule has 78 valence electrons. The minimum Gasteiger partial charge on any atom is -0.380 e. The standard InChI is InChI=1S/C10H22N2O/c1-4-9(11-2)7-12(3)10-5-6-13-8-10/h9-11H,4-8H2,1-3H3. The van der Waals surface area contributed by atoms with E-state index in [4.69, 9.17) is 4.74 Å². The van der Waals surface area contributed by atoms with Crippen LogP contribution in [0.5, 0.6) is 0 Å². The Bertz CT molecular complexity index is 131. The third-order valence-electron chi connectivity index (χ3n) is 2.94. The van der Waals surface area contributed by atoms with Gasteiger partial charge in [0.15, 0.2) is 0 Å². The summed E-state index contributed by atoms with van der Waals surface area (Å²) in [6.07, 6.45) is 2.38. The molecule has 1 heterocycles. The first-order valence-corrected chi connectivity index (χ1v) is 5.23. The molecule has 3 nitrogen and oxygen atoms in total. The van der Waals surface area contributed by atoms with E-state index in [0.717, 1.165) is 19.8 Å². The summed E-state index contributed by atoms with van der Waals surface area (Å²) in [4.78, 5) is 2.41. The maximum absolute atomic E-state index is 5.36. The number of hydrogen-bond donors (Lipinski definition) is 1. The molecule has 0 radical (unpaired) electrons. The molecule has 0 aromatic rings. The van der Waals surface area contributed by atoms with Crippen LogP contribution in [-0.4, -0.2) is 50.8 Å². The summed E-state index contributed by atoms with van der Waals surface area (Å²) in [5.74, 6) is 0. The minimum atomic E-state index is 0.616. The average molecular weight is 186 g/mol. The monoisotopic (exact) mass is 186 g/mol. The van der Waals surface area contributed by atoms with Crippen LogP contribution >= 0.6 is 0 Å². The molecule has 13 heavy (non-hydrogen) atoms. The fourth-order valence-electron chi connectivity index (χ4n) is 1.79. The first-order chi connectivity index (χ1) is 6.27. The Labute approximate surface area is 81.4 Å². The molecule has 2 atom stereocenters. The molecule has 1 N–H and O–H groups in total. The largest absolute Gasteiger partial charge is 0.380 e. The number of rotatable bonds is 5. The van der Waals surface area contributed by atoms with Gasteiger partial charge in [-0.05, 0) is 26.9 Å². The first kappa shape index (κ1) is 11.0. The van der Waals surface area contributed by atoms with Crippen molar-refractivity contribution in [3.8, 4) is 0 Å². The van der Waals surface area contributed by atoms with E-state index in [1.165, 1.54) is 12.8 Å². The highest BCUT2D eigenvalue weighted by Gasteiger charge is 2.21. The van der Waals surface area contributed by atoms with Gasteiger partial charge in [-0.25, -0.2) is 0 Å². The number of nitrogens with one attached hydrogen (secondary N) is 1. The predicted octanol–water partition coefficient (Wildman–Crippen LogP) is 0.705. The van der Waals surface area contributed by atoms with Gasteiger partial charge in [-0.15, -0.1) is 0 Å². The van der Waals surface area contributed by atoms with Gasteiger partial charge in [-0.1, -0.05) is 6.92 Å². The van der Waals surface area contributed by atoms with Crippen molar-refractivity contribution in [2.45, 2.75) is 31.8 Å². The second-order valence-electron chi connectivity index (χ2n) is 3.85. The first-order valence-electron chi connectivity index (χ1n) is 5.23. The van der Waals surface area contributed by atoms with Gasteiger partial charge in [0.05, 0.1) is 6.61 Å². The second kappa shape index (κ2) is 5.58. The van der Waals surface area contributed by atoms with E-state index < -0.39 is 0 Å². The highest BCUT2D eigenvalue weighted by molar-refractivity contribution is 4.76. The normalized spacial score (nSPS) is 25.4. The average Bonchev–Trinajstić information content (AvgIpc) is 2.66. The van der Waals surface area contributed by atoms with Crippen molar-refractivity contribution < 1.29 is 4.74 Å². The van der Waals surface area contributed by atoms with Gasteiger partial charge < -0.3 is 10.1 Å². The van der Waals surface area contributed by atoms with Crippen LogP contribution in [0.4, 0.5) is 0 Å². The van der Waals surface area contributed by atoms with Crippen LogP contribution in [0.3, 0.4) is 0 Å². The van der Waals surface area contributed by atoms with Crippen LogP contribution in [0.25, 0.3) is 0 Å². The van der Waals surface area contributed by atoms with E-state index in [-0.39, 0.29) is 0 Å². The van der Waals surface area contributed by atoms with Crippen LogP contribution in [0.1, 0.15) is 19.8 Å². The van der Waals surface area contributed by atoms with Gasteiger partial charge in [0, 0.05) is 25.2 Å². The Morgan fingerprint density at radius 2 is 2.38 bits per heavy atom. The Hall–Kier alpha value is -0.120. The number of ether oxygens (including phenoxy) is 1. The van der Waals surface area contributed by atoms with Crippen LogP contribution in [0.15, 0.2) is 0 Å². The zero-order valence-electron chi connectivity index (χ0n) is 9.05. The molecule has 0 saturated carbocycles. The summed E-state index contributed by atoms with van der Waals surface area (Å²) in [7, 11) is 4.23. The molecular weight excluding hydrogens is 164 g/mol. The minimum absolute atomic E-state index is 0.616. The van der Waals surface area contributed by atoms with Gasteiger partial charge in [-0.3, -0.25) is 4.90 Å². The SMILES string of the molecule is CCC(CN(C)C1CCOC1)NC. The molecule has 0 amide bonds. The summed E-state index contributed by atoms with van der Waals surface area (Å²) in [6, 6.07) is 1.26. The molecule has 0 aromatic heterocycles. The van der Waals surface area contributed by atoms with E-state index in [2.05, 4.69) is 24.2 Å². The van der Waals surface area contributed by atoms with E-state index in [1.54, 1.807) is 0 Å². The summed E-state index contributed by atoms with van der Waals surface area (Å²) >= 11 is 0. The smallest absolute Gasteiger partial charge is 0.0622 e. The summed E-state index contributed by atoms with van der Waals surface area (Å²) < 4.78 is 5.36. The van der Waals surface area contributed by atoms with Crippen LogP contribution in [0, 0.1) is 0 Å². The lowest BCUT2D eigenvalue weighted by atomic mass is 10.1. The number of hydrogen-bond acceptors (Lipinski definition) is 3. The Morgan fingerprint density at radius 3 is 2.85 bits per heavy atom. The molecule has 1 rings (SSSR count). The number of likely N-dealkylation sites (N-methyl/N-ethyl adjacent to an activating group) is 2. The van der Waals surface area contributed by atoms with Crippen LogP contribution in [0.2, 0.25) is 0 Å². The van der Waals surface area contributed by atoms with Crippen molar-refractivity contribution in [1.29, 1.82) is 0 Å². The molecule has 0 aliphatic carbocycles. The van der Waals surface area contributed by atoms with Gasteiger partial charge in [0.1, 0.15) is 0 Å². The van der Waals surface area contributed by atoms with Gasteiger partial charge >= 0.3 is 0 Å². The molecule has 1 fully saturated rings. The van der Waals surface area contributed by atoms with Crippen molar-refractivity contribution in [3.63, 3.8) is 0 Å². The van der Waals surface area contributed by atoms with Crippen LogP contribution in [-0.2, 0) is 4.74 Å². The van der Waals surface area contributed by atoms with E-state index >= 15 is 0 Å². The van der Waals surface area contributed by atoms with Crippen molar-refractivity contribution in [3.05, 3.63) is 0 Å². The zero-order valence-corrected chi connectivity index (χ0v) is 9.05. The molecule has 1 saturated heterocycles. The van der Waals surface area contributed by atoms with Crippen molar-refractivity contribution in [1.82, 2.24) is 10.2 Å². The maximum Gasteiger partial charge on any atom is 0.0622 e. The molecule has 3 heteroatoms. The molecule has 0 spiro atoms. The van der Waals surface area contributed by atoms with E-state index in [1.807, 2.05) is 7.05 Å². The summed E-state index contributed by atoms with van der Waals surface area (Å²) in [5.41, 5.74) is 0. The summed E-state index contributed by atoms with van der Waals surface area (Å²) in [5, 5.41) is 3.32. The van der Waals surface area contributed by atoms with Crippen molar-refractivity contribution in [2.24, 2.45) is 0 Å². The quantitative estimate of drug-likeness (QED) is 0.684. The van der Waals surface area contributed by atoms with Gasteiger partial charge in [-0.2, -0.15) is 0 Å². The second-order valence-corrected chi connectivity index (χ2v) is 3.85. The van der Waals surface area contributed by atoms with E-state index in [9.17, 15) is 0 Å². The maximum atomic E-state index is 5.36. The lowest BCUT2D eigenvalue weighted by Crippen LogP contribution is -2.42. The molecule has 0 aromatic carbocycles. The third-order valence-corrected chi connectivity index (χ3v) is 2.94. The fourth-order valence-corrected chi connectivity index (χ4v) is 1.79. The fraction of sp³-hybridized carbons (Fsp3) is 1.00. The van der Waals surface area contributed by atoms with Crippen LogP contribution < -0.4 is 5.32 Å². The zero-order chi connectivity index (χ0) is 9.68. The topological polar surface area (TPSA) is 24.5 Å². The molecule has 1 aliphatic heterocycles.